The number of halogens is 2. The van der Waals surface area contributed by atoms with Gasteiger partial charge in [-0.2, -0.15) is 0 Å². The van der Waals surface area contributed by atoms with E-state index in [0.717, 1.165) is 0 Å². The van der Waals surface area contributed by atoms with Gasteiger partial charge in [-0.15, -0.1) is 0 Å². The van der Waals surface area contributed by atoms with Gasteiger partial charge in [-0.25, -0.2) is 0 Å². The van der Waals surface area contributed by atoms with E-state index in [4.69, 9.17) is 10.2 Å². The van der Waals surface area contributed by atoms with Crippen molar-refractivity contribution in [3.63, 3.8) is 0 Å². The standard InChI is InChI=1S/2C2H6O.2BrH.Zr/c2*1-2-3;;;/h2*3H,2H2,1H3;2*1H;/q;;;;+2/p-2. The fourth-order valence-electron chi connectivity index (χ4n) is 0. The number of hydrogen-bond acceptors (Lipinski definition) is 2. The van der Waals surface area contributed by atoms with Crippen LogP contribution in [0.3, 0.4) is 0 Å². The Morgan fingerprint density at radius 1 is 1.11 bits per heavy atom. The average Bonchev–Trinajstić information content (AvgIpc) is 1.70. The predicted octanol–water partition coefficient (Wildman–Crippen LogP) is 1.69. The molecule has 0 rings (SSSR count). The first kappa shape index (κ1) is 17.0. The van der Waals surface area contributed by atoms with Gasteiger partial charge < -0.3 is 10.2 Å². The van der Waals surface area contributed by atoms with Crippen LogP contribution in [0.1, 0.15) is 13.8 Å². The number of aliphatic hydroxyl groups excluding tert-OH is 2. The summed E-state index contributed by atoms with van der Waals surface area (Å²) in [6.45, 7) is 3.86. The summed E-state index contributed by atoms with van der Waals surface area (Å²) in [4.78, 5) is 0. The van der Waals surface area contributed by atoms with Gasteiger partial charge in [-0.1, -0.05) is 0 Å². The van der Waals surface area contributed by atoms with Crippen LogP contribution in [0.4, 0.5) is 0 Å². The van der Waals surface area contributed by atoms with Crippen molar-refractivity contribution in [2.24, 2.45) is 0 Å². The van der Waals surface area contributed by atoms with Crippen LogP contribution in [0.15, 0.2) is 0 Å². The molecule has 0 spiro atoms. The Balaban J connectivity index is -0.0000000600. The van der Waals surface area contributed by atoms with Crippen molar-refractivity contribution in [3.05, 3.63) is 0 Å². The minimum absolute atomic E-state index is 0.145. The van der Waals surface area contributed by atoms with Crippen LogP contribution in [0.25, 0.3) is 0 Å². The fraction of sp³-hybridized carbons (Fsp3) is 1.00. The normalized spacial score (nSPS) is 5.56. The minimum atomic E-state index is -0.145. The van der Waals surface area contributed by atoms with Gasteiger partial charge in [0.05, 0.1) is 0 Å². The summed E-state index contributed by atoms with van der Waals surface area (Å²) in [6, 6.07) is 0. The van der Waals surface area contributed by atoms with Crippen LogP contribution < -0.4 is 0 Å². The Morgan fingerprint density at radius 2 is 1.11 bits per heavy atom. The van der Waals surface area contributed by atoms with Crippen LogP contribution in [-0.4, -0.2) is 23.4 Å². The molecule has 0 aliphatic carbocycles. The molecule has 9 heavy (non-hydrogen) atoms. The molecule has 2 N–H and O–H groups in total. The van der Waals surface area contributed by atoms with Crippen molar-refractivity contribution in [2.75, 3.05) is 13.2 Å². The van der Waals surface area contributed by atoms with Crippen LogP contribution in [-0.2, 0) is 18.5 Å². The molecule has 0 aliphatic rings. The average molecular weight is 343 g/mol. The molecular formula is C4H12Br2O2Zr. The molecule has 0 amide bonds. The first-order chi connectivity index (χ1) is 4.24. The Hall–Kier alpha value is 1.76. The van der Waals surface area contributed by atoms with Gasteiger partial charge in [0.2, 0.25) is 0 Å². The predicted molar refractivity (Wildman–Crippen MR) is 43.4 cm³/mol. The molecule has 0 aromatic heterocycles. The van der Waals surface area contributed by atoms with Crippen LogP contribution in [0.2, 0.25) is 0 Å². The number of hydrogen-bond donors (Lipinski definition) is 2. The van der Waals surface area contributed by atoms with Gasteiger partial charge in [0.25, 0.3) is 0 Å². The van der Waals surface area contributed by atoms with E-state index in [1.807, 2.05) is 0 Å². The van der Waals surface area contributed by atoms with Crippen molar-refractivity contribution in [3.8, 4) is 0 Å². The van der Waals surface area contributed by atoms with E-state index in [1.165, 1.54) is 0 Å². The molecule has 0 aromatic rings. The van der Waals surface area contributed by atoms with E-state index in [0.29, 0.717) is 0 Å². The fourth-order valence-corrected chi connectivity index (χ4v) is 0. The summed E-state index contributed by atoms with van der Waals surface area (Å²) < 4.78 is 0. The first-order valence-corrected chi connectivity index (χ1v) is 13.7. The quantitative estimate of drug-likeness (QED) is 0.703. The van der Waals surface area contributed by atoms with E-state index >= 15 is 0 Å². The molecule has 58 valence electrons. The summed E-state index contributed by atoms with van der Waals surface area (Å²) in [5, 5.41) is 15.1. The first-order valence-electron chi connectivity index (χ1n) is 2.42. The van der Waals surface area contributed by atoms with Crippen molar-refractivity contribution in [1.82, 2.24) is 0 Å². The van der Waals surface area contributed by atoms with Crippen molar-refractivity contribution < 1.29 is 28.7 Å². The monoisotopic (exact) mass is 340 g/mol. The van der Waals surface area contributed by atoms with E-state index in [2.05, 4.69) is 24.4 Å². The van der Waals surface area contributed by atoms with E-state index in [-0.39, 0.29) is 31.8 Å². The number of aliphatic hydroxyl groups is 2. The second-order valence-corrected chi connectivity index (χ2v) is 12.0. The summed E-state index contributed by atoms with van der Waals surface area (Å²) in [6.07, 6.45) is 0. The summed E-state index contributed by atoms with van der Waals surface area (Å²) in [7, 11) is 0. The third kappa shape index (κ3) is 189. The molecule has 0 atom stereocenters. The van der Waals surface area contributed by atoms with Gasteiger partial charge >= 0.3 is 43.0 Å². The van der Waals surface area contributed by atoms with Crippen LogP contribution in [0.5, 0.6) is 0 Å². The zero-order valence-corrected chi connectivity index (χ0v) is 11.2. The Labute approximate surface area is 79.5 Å². The van der Waals surface area contributed by atoms with Gasteiger partial charge in [0.1, 0.15) is 0 Å². The summed E-state index contributed by atoms with van der Waals surface area (Å²) in [5.74, 6) is 0. The molecule has 2 nitrogen and oxygen atoms in total. The summed E-state index contributed by atoms with van der Waals surface area (Å²) >= 11 is 6.32. The van der Waals surface area contributed by atoms with E-state index in [9.17, 15) is 0 Å². The molecule has 0 heterocycles. The Bertz CT molecular complexity index is 21.3. The molecule has 0 saturated carbocycles. The Morgan fingerprint density at radius 3 is 1.11 bits per heavy atom. The molecule has 0 fully saturated rings. The van der Waals surface area contributed by atoms with Crippen molar-refractivity contribution in [1.29, 1.82) is 0 Å². The van der Waals surface area contributed by atoms with Crippen molar-refractivity contribution in [2.45, 2.75) is 13.8 Å². The number of rotatable bonds is 0. The molecule has 0 aromatic carbocycles. The van der Waals surface area contributed by atoms with Gasteiger partial charge in [0, 0.05) is 13.2 Å². The molecule has 0 unspecified atom stereocenters. The zero-order valence-electron chi connectivity index (χ0n) is 5.56. The maximum absolute atomic E-state index is 7.57. The van der Waals surface area contributed by atoms with Gasteiger partial charge in [-0.05, 0) is 13.8 Å². The van der Waals surface area contributed by atoms with E-state index in [1.54, 1.807) is 13.8 Å². The van der Waals surface area contributed by atoms with Gasteiger partial charge in [-0.3, -0.25) is 0 Å². The second-order valence-electron chi connectivity index (χ2n) is 0.704. The molecule has 0 bridgehead atoms. The second kappa shape index (κ2) is 33.0. The van der Waals surface area contributed by atoms with E-state index < -0.39 is 0 Å². The third-order valence-electron chi connectivity index (χ3n) is 0. The molecule has 0 aliphatic heterocycles. The molecule has 0 saturated heterocycles. The Kier molecular flexibility index (Phi) is 62.5. The topological polar surface area (TPSA) is 40.5 Å². The SMILES string of the molecule is CCO.CCO.[Br][Zr][Br]. The zero-order chi connectivity index (χ0) is 8.12. The van der Waals surface area contributed by atoms with Crippen LogP contribution >= 0.6 is 24.4 Å². The molecule has 5 heteroatoms. The molecule has 0 radical (unpaired) electrons. The maximum atomic E-state index is 7.57. The third-order valence-corrected chi connectivity index (χ3v) is 0. The van der Waals surface area contributed by atoms with Crippen molar-refractivity contribution >= 4 is 24.4 Å². The summed E-state index contributed by atoms with van der Waals surface area (Å²) in [5.41, 5.74) is 0. The van der Waals surface area contributed by atoms with Gasteiger partial charge in [0.15, 0.2) is 0 Å². The molecular weight excluding hydrogens is 331 g/mol. The van der Waals surface area contributed by atoms with Crippen LogP contribution in [0, 0.1) is 0 Å².